The zero-order valence-electron chi connectivity index (χ0n) is 18.0. The summed E-state index contributed by atoms with van der Waals surface area (Å²) < 4.78 is 1.92. The molecule has 0 amide bonds. The standard InChI is InChI=1S/C24H23N7O2/c1-15-10-18(31-9-8-26-14-31)12-20-22(15)30-23(29-20)21-19(4-7-27-24(21)33)28-17(13-32)11-16-2-5-25-6-3-16/h2-10,12,14,17,32H,11,13H2,1H3,(H,29,30)(H2,27,28,33)/t17-/m0/s1. The van der Waals surface area contributed by atoms with Crippen molar-refractivity contribution in [1.29, 1.82) is 0 Å². The first kappa shape index (κ1) is 20.7. The Morgan fingerprint density at radius 3 is 2.76 bits per heavy atom. The molecule has 4 aromatic heterocycles. The van der Waals surface area contributed by atoms with Crippen molar-refractivity contribution in [3.63, 3.8) is 0 Å². The molecule has 1 atom stereocenters. The molecule has 33 heavy (non-hydrogen) atoms. The number of aryl methyl sites for hydroxylation is 1. The molecule has 0 saturated heterocycles. The number of aromatic nitrogens is 6. The number of H-pyrrole nitrogens is 2. The van der Waals surface area contributed by atoms with Gasteiger partial charge in [0.25, 0.3) is 5.56 Å². The minimum absolute atomic E-state index is 0.0952. The molecule has 0 aliphatic heterocycles. The van der Waals surface area contributed by atoms with Crippen molar-refractivity contribution in [2.45, 2.75) is 19.4 Å². The second-order valence-electron chi connectivity index (χ2n) is 7.89. The van der Waals surface area contributed by atoms with Crippen LogP contribution in [0.15, 0.2) is 72.4 Å². The first-order valence-corrected chi connectivity index (χ1v) is 10.6. The number of aliphatic hydroxyl groups excluding tert-OH is 1. The number of anilines is 1. The molecule has 5 rings (SSSR count). The molecule has 9 heteroatoms. The SMILES string of the molecule is Cc1cc(-n2ccnc2)cc2[nH]c(-c3c(N[C@H](CO)Cc4ccncc4)cc[nH]c3=O)nc12. The van der Waals surface area contributed by atoms with Gasteiger partial charge in [-0.3, -0.25) is 9.78 Å². The second-order valence-corrected chi connectivity index (χ2v) is 7.89. The molecule has 166 valence electrons. The number of fused-ring (bicyclic) bond motifs is 1. The van der Waals surface area contributed by atoms with Gasteiger partial charge in [0.05, 0.1) is 35.7 Å². The molecule has 0 fully saturated rings. The number of nitrogens with one attached hydrogen (secondary N) is 3. The fraction of sp³-hybridized carbons (Fsp3) is 0.167. The Morgan fingerprint density at radius 1 is 1.15 bits per heavy atom. The minimum atomic E-state index is -0.285. The predicted octanol–water partition coefficient (Wildman–Crippen LogP) is 2.82. The van der Waals surface area contributed by atoms with Crippen LogP contribution in [0, 0.1) is 6.92 Å². The molecule has 0 unspecified atom stereocenters. The Bertz CT molecular complexity index is 1440. The van der Waals surface area contributed by atoms with Crippen molar-refractivity contribution >= 4 is 16.7 Å². The average molecular weight is 441 g/mol. The van der Waals surface area contributed by atoms with Gasteiger partial charge in [0.2, 0.25) is 0 Å². The smallest absolute Gasteiger partial charge is 0.261 e. The number of aromatic amines is 2. The van der Waals surface area contributed by atoms with E-state index in [1.54, 1.807) is 37.2 Å². The fourth-order valence-corrected chi connectivity index (χ4v) is 3.97. The van der Waals surface area contributed by atoms with E-state index in [-0.39, 0.29) is 18.2 Å². The van der Waals surface area contributed by atoms with E-state index in [4.69, 9.17) is 4.98 Å². The van der Waals surface area contributed by atoms with Gasteiger partial charge in [0.1, 0.15) is 11.4 Å². The third-order valence-electron chi connectivity index (χ3n) is 5.57. The average Bonchev–Trinajstić information content (AvgIpc) is 3.50. The number of benzene rings is 1. The van der Waals surface area contributed by atoms with E-state index >= 15 is 0 Å². The van der Waals surface area contributed by atoms with Crippen molar-refractivity contribution in [3.05, 3.63) is 89.1 Å². The molecule has 9 nitrogen and oxygen atoms in total. The molecule has 4 heterocycles. The molecule has 5 aromatic rings. The summed E-state index contributed by atoms with van der Waals surface area (Å²) in [7, 11) is 0. The highest BCUT2D eigenvalue weighted by atomic mass is 16.3. The number of hydrogen-bond acceptors (Lipinski definition) is 6. The molecule has 0 radical (unpaired) electrons. The summed E-state index contributed by atoms with van der Waals surface area (Å²) in [6.07, 6.45) is 10.9. The molecular formula is C24H23N7O2. The van der Waals surface area contributed by atoms with Crippen molar-refractivity contribution < 1.29 is 5.11 Å². The van der Waals surface area contributed by atoms with Gasteiger partial charge in [0, 0.05) is 36.7 Å². The van der Waals surface area contributed by atoms with Crippen LogP contribution in [-0.4, -0.2) is 47.2 Å². The Balaban J connectivity index is 1.53. The van der Waals surface area contributed by atoms with Gasteiger partial charge in [-0.1, -0.05) is 0 Å². The fourth-order valence-electron chi connectivity index (χ4n) is 3.97. The van der Waals surface area contributed by atoms with Crippen LogP contribution in [0.25, 0.3) is 28.1 Å². The normalized spacial score (nSPS) is 12.2. The van der Waals surface area contributed by atoms with Gasteiger partial charge in [0.15, 0.2) is 0 Å². The van der Waals surface area contributed by atoms with Crippen LogP contribution in [0.1, 0.15) is 11.1 Å². The second kappa shape index (κ2) is 8.71. The van der Waals surface area contributed by atoms with Crippen LogP contribution in [0.4, 0.5) is 5.69 Å². The summed E-state index contributed by atoms with van der Waals surface area (Å²) in [5.74, 6) is 0.459. The van der Waals surface area contributed by atoms with Crippen LogP contribution < -0.4 is 10.9 Å². The lowest BCUT2D eigenvalue weighted by Gasteiger charge is -2.19. The van der Waals surface area contributed by atoms with Gasteiger partial charge in [-0.15, -0.1) is 0 Å². The third kappa shape index (κ3) is 4.13. The van der Waals surface area contributed by atoms with Crippen molar-refractivity contribution in [2.24, 2.45) is 0 Å². The third-order valence-corrected chi connectivity index (χ3v) is 5.57. The van der Waals surface area contributed by atoms with Gasteiger partial charge in [-0.05, 0) is 54.8 Å². The summed E-state index contributed by atoms with van der Waals surface area (Å²) in [6, 6.07) is 9.31. The van der Waals surface area contributed by atoms with E-state index in [2.05, 4.69) is 25.3 Å². The summed E-state index contributed by atoms with van der Waals surface area (Å²) >= 11 is 0. The molecular weight excluding hydrogens is 418 g/mol. The van der Waals surface area contributed by atoms with Gasteiger partial charge in [-0.25, -0.2) is 9.97 Å². The van der Waals surface area contributed by atoms with E-state index in [1.165, 1.54) is 0 Å². The predicted molar refractivity (Wildman–Crippen MR) is 126 cm³/mol. The summed E-state index contributed by atoms with van der Waals surface area (Å²) in [5, 5.41) is 13.3. The maximum Gasteiger partial charge on any atom is 0.261 e. The molecule has 0 saturated carbocycles. The van der Waals surface area contributed by atoms with E-state index in [9.17, 15) is 9.90 Å². The number of imidazole rings is 2. The maximum absolute atomic E-state index is 12.8. The summed E-state index contributed by atoms with van der Waals surface area (Å²) in [4.78, 5) is 31.8. The zero-order valence-corrected chi connectivity index (χ0v) is 18.0. The molecule has 0 aliphatic rings. The lowest BCUT2D eigenvalue weighted by atomic mass is 10.1. The van der Waals surface area contributed by atoms with Crippen LogP contribution in [-0.2, 0) is 6.42 Å². The molecule has 0 bridgehead atoms. The van der Waals surface area contributed by atoms with Crippen LogP contribution >= 0.6 is 0 Å². The lowest BCUT2D eigenvalue weighted by molar-refractivity contribution is 0.273. The largest absolute Gasteiger partial charge is 0.394 e. The Hall–Kier alpha value is -4.24. The Labute approximate surface area is 189 Å². The number of pyridine rings is 2. The first-order valence-electron chi connectivity index (χ1n) is 10.6. The summed E-state index contributed by atoms with van der Waals surface area (Å²) in [5.41, 5.74) is 5.29. The van der Waals surface area contributed by atoms with E-state index < -0.39 is 0 Å². The highest BCUT2D eigenvalue weighted by Gasteiger charge is 2.18. The van der Waals surface area contributed by atoms with Crippen molar-refractivity contribution in [3.8, 4) is 17.1 Å². The monoisotopic (exact) mass is 441 g/mol. The van der Waals surface area contributed by atoms with E-state index in [0.717, 1.165) is 27.8 Å². The number of rotatable bonds is 7. The van der Waals surface area contributed by atoms with Gasteiger partial charge >= 0.3 is 0 Å². The quantitative estimate of drug-likeness (QED) is 0.308. The van der Waals surface area contributed by atoms with Crippen molar-refractivity contribution in [1.82, 2.24) is 29.5 Å². The number of aliphatic hydroxyl groups is 1. The van der Waals surface area contributed by atoms with Crippen LogP contribution in [0.2, 0.25) is 0 Å². The maximum atomic E-state index is 12.8. The highest BCUT2D eigenvalue weighted by molar-refractivity contribution is 5.86. The highest BCUT2D eigenvalue weighted by Crippen LogP contribution is 2.28. The number of nitrogens with zero attached hydrogens (tertiary/aromatic N) is 4. The lowest BCUT2D eigenvalue weighted by Crippen LogP contribution is -2.28. The molecule has 1 aromatic carbocycles. The van der Waals surface area contributed by atoms with Crippen LogP contribution in [0.5, 0.6) is 0 Å². The molecule has 0 spiro atoms. The van der Waals surface area contributed by atoms with Crippen LogP contribution in [0.3, 0.4) is 0 Å². The summed E-state index contributed by atoms with van der Waals surface area (Å²) in [6.45, 7) is 1.89. The van der Waals surface area contributed by atoms with Gasteiger partial charge in [-0.2, -0.15) is 0 Å². The van der Waals surface area contributed by atoms with E-state index in [1.807, 2.05) is 42.0 Å². The first-order chi connectivity index (χ1) is 16.1. The molecule has 4 N–H and O–H groups in total. The van der Waals surface area contributed by atoms with Gasteiger partial charge < -0.3 is 25.0 Å². The Kier molecular flexibility index (Phi) is 5.45. The zero-order chi connectivity index (χ0) is 22.8. The topological polar surface area (TPSA) is 125 Å². The van der Waals surface area contributed by atoms with E-state index in [0.29, 0.717) is 23.5 Å². The Morgan fingerprint density at radius 2 is 2.00 bits per heavy atom. The number of hydrogen-bond donors (Lipinski definition) is 4. The molecule has 0 aliphatic carbocycles. The minimum Gasteiger partial charge on any atom is -0.394 e. The van der Waals surface area contributed by atoms with Crippen molar-refractivity contribution in [2.75, 3.05) is 11.9 Å².